The van der Waals surface area contributed by atoms with Gasteiger partial charge >= 0.3 is 0 Å². The van der Waals surface area contributed by atoms with Gasteiger partial charge in [0.05, 0.1) is 0 Å². The summed E-state index contributed by atoms with van der Waals surface area (Å²) in [7, 11) is 1.74. The summed E-state index contributed by atoms with van der Waals surface area (Å²) in [6, 6.07) is 7.56. The summed E-state index contributed by atoms with van der Waals surface area (Å²) in [5.41, 5.74) is 3.59. The Morgan fingerprint density at radius 2 is 1.90 bits per heavy atom. The number of hydrogen-bond donors (Lipinski definition) is 2. The van der Waals surface area contributed by atoms with Crippen LogP contribution in [0.3, 0.4) is 0 Å². The number of carbonyl (C=O) groups excluding carboxylic acids is 2. The summed E-state index contributed by atoms with van der Waals surface area (Å²) in [6.45, 7) is 5.42. The number of nitrogens with one attached hydrogen (secondary N) is 2. The van der Waals surface area contributed by atoms with Crippen LogP contribution in [-0.4, -0.2) is 36.9 Å². The average molecular weight is 287 g/mol. The van der Waals surface area contributed by atoms with Crippen molar-refractivity contribution < 1.29 is 9.59 Å². The highest BCUT2D eigenvalue weighted by atomic mass is 16.2. The Bertz CT molecular complexity index is 587. The van der Waals surface area contributed by atoms with Crippen LogP contribution < -0.4 is 10.6 Å². The Hall–Kier alpha value is -2.14. The van der Waals surface area contributed by atoms with Crippen molar-refractivity contribution in [1.29, 1.82) is 0 Å². The molecule has 1 aliphatic heterocycles. The van der Waals surface area contributed by atoms with Gasteiger partial charge in [-0.1, -0.05) is 18.2 Å². The zero-order valence-corrected chi connectivity index (χ0v) is 12.7. The van der Waals surface area contributed by atoms with Crippen molar-refractivity contribution in [3.8, 4) is 0 Å². The van der Waals surface area contributed by atoms with Crippen molar-refractivity contribution in [3.05, 3.63) is 41.0 Å². The topological polar surface area (TPSA) is 61.4 Å². The van der Waals surface area contributed by atoms with E-state index in [-0.39, 0.29) is 11.8 Å². The molecule has 0 saturated carbocycles. The van der Waals surface area contributed by atoms with Gasteiger partial charge in [0.1, 0.15) is 0 Å². The third-order valence-corrected chi connectivity index (χ3v) is 3.76. The maximum atomic E-state index is 12.2. The molecule has 0 aromatic heterocycles. The molecule has 0 aliphatic carbocycles. The highest BCUT2D eigenvalue weighted by Crippen LogP contribution is 2.19. The highest BCUT2D eigenvalue weighted by molar-refractivity contribution is 6.04. The molecule has 0 radical (unpaired) electrons. The molecule has 0 spiro atoms. The first-order valence-corrected chi connectivity index (χ1v) is 6.99. The average Bonchev–Trinajstić information content (AvgIpc) is 2.38. The van der Waals surface area contributed by atoms with Gasteiger partial charge < -0.3 is 15.5 Å². The lowest BCUT2D eigenvalue weighted by atomic mass is 10.0. The Morgan fingerprint density at radius 1 is 1.24 bits per heavy atom. The third-order valence-electron chi connectivity index (χ3n) is 3.76. The maximum Gasteiger partial charge on any atom is 0.251 e. The van der Waals surface area contributed by atoms with Crippen LogP contribution in [0.15, 0.2) is 35.4 Å². The van der Waals surface area contributed by atoms with Gasteiger partial charge in [0.15, 0.2) is 0 Å². The van der Waals surface area contributed by atoms with Crippen molar-refractivity contribution >= 4 is 17.5 Å². The summed E-state index contributed by atoms with van der Waals surface area (Å²) in [5, 5.41) is 6.07. The van der Waals surface area contributed by atoms with Crippen LogP contribution in [0.5, 0.6) is 0 Å². The molecule has 1 aliphatic rings. The Balaban J connectivity index is 2.13. The van der Waals surface area contributed by atoms with Crippen LogP contribution in [-0.2, 0) is 16.1 Å². The van der Waals surface area contributed by atoms with Crippen LogP contribution >= 0.6 is 0 Å². The van der Waals surface area contributed by atoms with Crippen LogP contribution in [0, 0.1) is 0 Å². The molecule has 112 valence electrons. The molecule has 5 heteroatoms. The fourth-order valence-corrected chi connectivity index (χ4v) is 2.04. The predicted octanol–water partition coefficient (Wildman–Crippen LogP) is 1.52. The van der Waals surface area contributed by atoms with E-state index in [0.29, 0.717) is 6.54 Å². The minimum Gasteiger partial charge on any atom is -0.342 e. The molecule has 0 atom stereocenters. The van der Waals surface area contributed by atoms with E-state index in [2.05, 4.69) is 10.6 Å². The van der Waals surface area contributed by atoms with Crippen LogP contribution in [0.4, 0.5) is 5.69 Å². The molecule has 2 amide bonds. The first kappa shape index (κ1) is 15.3. The number of hydrogen-bond acceptors (Lipinski definition) is 3. The van der Waals surface area contributed by atoms with Gasteiger partial charge in [-0.3, -0.25) is 9.59 Å². The Labute approximate surface area is 125 Å². The van der Waals surface area contributed by atoms with Gasteiger partial charge in [0.25, 0.3) is 5.91 Å². The first-order valence-electron chi connectivity index (χ1n) is 6.99. The van der Waals surface area contributed by atoms with Crippen molar-refractivity contribution in [2.24, 2.45) is 0 Å². The van der Waals surface area contributed by atoms with Crippen molar-refractivity contribution in [3.63, 3.8) is 0 Å². The van der Waals surface area contributed by atoms with Crippen LogP contribution in [0.1, 0.15) is 19.4 Å². The number of rotatable bonds is 4. The molecule has 0 bridgehead atoms. The first-order chi connectivity index (χ1) is 9.99. The Morgan fingerprint density at radius 3 is 2.48 bits per heavy atom. The lowest BCUT2D eigenvalue weighted by Crippen LogP contribution is -2.36. The normalized spacial score (nSPS) is 13.4. The molecule has 1 aromatic rings. The number of para-hydroxylation sites is 1. The lowest BCUT2D eigenvalue weighted by molar-refractivity contribution is -0.128. The molecule has 1 fully saturated rings. The van der Waals surface area contributed by atoms with E-state index in [1.165, 1.54) is 6.92 Å². The number of benzene rings is 1. The monoisotopic (exact) mass is 287 g/mol. The molecule has 21 heavy (non-hydrogen) atoms. The summed E-state index contributed by atoms with van der Waals surface area (Å²) in [4.78, 5) is 25.2. The molecule has 2 rings (SSSR count). The summed E-state index contributed by atoms with van der Waals surface area (Å²) in [6.07, 6.45) is 0. The third kappa shape index (κ3) is 3.70. The van der Waals surface area contributed by atoms with Gasteiger partial charge in [0, 0.05) is 44.9 Å². The predicted molar refractivity (Wildman–Crippen MR) is 82.8 cm³/mol. The maximum absolute atomic E-state index is 12.2. The zero-order chi connectivity index (χ0) is 15.4. The number of amides is 2. The fourth-order valence-electron chi connectivity index (χ4n) is 2.04. The van der Waals surface area contributed by atoms with Gasteiger partial charge in [-0.15, -0.1) is 0 Å². The van der Waals surface area contributed by atoms with Crippen LogP contribution in [0.2, 0.25) is 0 Å². The van der Waals surface area contributed by atoms with Gasteiger partial charge in [-0.25, -0.2) is 0 Å². The van der Waals surface area contributed by atoms with E-state index >= 15 is 0 Å². The van der Waals surface area contributed by atoms with Gasteiger partial charge in [-0.2, -0.15) is 0 Å². The molecule has 1 aromatic carbocycles. The quantitative estimate of drug-likeness (QED) is 0.826. The minimum atomic E-state index is -0.0792. The van der Waals surface area contributed by atoms with E-state index in [1.807, 2.05) is 31.2 Å². The van der Waals surface area contributed by atoms with Crippen LogP contribution in [0.25, 0.3) is 0 Å². The molecular formula is C16H21N3O2. The smallest absolute Gasteiger partial charge is 0.251 e. The summed E-state index contributed by atoms with van der Waals surface area (Å²) >= 11 is 0. The second-order valence-electron chi connectivity index (χ2n) is 5.32. The molecule has 1 heterocycles. The highest BCUT2D eigenvalue weighted by Gasteiger charge is 2.17. The second kappa shape index (κ2) is 6.54. The lowest BCUT2D eigenvalue weighted by Gasteiger charge is -2.22. The molecule has 1 saturated heterocycles. The van der Waals surface area contributed by atoms with E-state index in [4.69, 9.17) is 0 Å². The Kier molecular flexibility index (Phi) is 4.75. The second-order valence-corrected chi connectivity index (χ2v) is 5.32. The number of nitrogens with zero attached hydrogens (tertiary/aromatic N) is 1. The summed E-state index contributed by atoms with van der Waals surface area (Å²) < 4.78 is 0. The van der Waals surface area contributed by atoms with Gasteiger partial charge in [0.2, 0.25) is 5.91 Å². The molecular weight excluding hydrogens is 266 g/mol. The van der Waals surface area contributed by atoms with Crippen molar-refractivity contribution in [2.75, 3.05) is 25.5 Å². The molecule has 2 N–H and O–H groups in total. The number of carbonyl (C=O) groups is 2. The van der Waals surface area contributed by atoms with E-state index in [0.717, 1.165) is 35.5 Å². The van der Waals surface area contributed by atoms with Crippen molar-refractivity contribution in [2.45, 2.75) is 20.4 Å². The van der Waals surface area contributed by atoms with Gasteiger partial charge in [-0.05, 0) is 24.1 Å². The molecule has 5 nitrogen and oxygen atoms in total. The fraction of sp³-hybridized carbons (Fsp3) is 0.375. The number of anilines is 1. The van der Waals surface area contributed by atoms with E-state index < -0.39 is 0 Å². The minimum absolute atomic E-state index is 0.00466. The van der Waals surface area contributed by atoms with Crippen molar-refractivity contribution in [1.82, 2.24) is 10.2 Å². The van der Waals surface area contributed by atoms with E-state index in [1.54, 1.807) is 11.9 Å². The molecule has 0 unspecified atom stereocenters. The SMILES string of the molecule is CC(=O)N(C)Cc1ccccc1NC(=O)C(C)=C1CNC1. The summed E-state index contributed by atoms with van der Waals surface area (Å²) in [5.74, 6) is -0.0839. The standard InChI is InChI=1S/C16H21N3O2/c1-11(14-8-17-9-14)16(21)18-15-7-5-4-6-13(15)10-19(3)12(2)20/h4-7,17H,8-10H2,1-3H3,(H,18,21). The zero-order valence-electron chi connectivity index (χ0n) is 12.7. The largest absolute Gasteiger partial charge is 0.342 e. The van der Waals surface area contributed by atoms with E-state index in [9.17, 15) is 9.59 Å².